The molecule has 0 bridgehead atoms. The van der Waals surface area contributed by atoms with Crippen LogP contribution in [0.4, 0.5) is 17.6 Å². The van der Waals surface area contributed by atoms with Crippen molar-refractivity contribution in [2.75, 3.05) is 0 Å². The van der Waals surface area contributed by atoms with E-state index in [0.717, 1.165) is 16.7 Å². The van der Waals surface area contributed by atoms with Gasteiger partial charge in [0.15, 0.2) is 0 Å². The average molecular weight is 417 g/mol. The van der Waals surface area contributed by atoms with Crippen LogP contribution in [0.5, 0.6) is 0 Å². The third kappa shape index (κ3) is 3.37. The van der Waals surface area contributed by atoms with Gasteiger partial charge in [-0.2, -0.15) is 13.2 Å². The molecule has 0 aliphatic carbocycles. The molecule has 130 valence electrons. The molecule has 0 saturated carbocycles. The first kappa shape index (κ1) is 17.4. The highest BCUT2D eigenvalue weighted by atomic mass is 79.9. The van der Waals surface area contributed by atoms with Crippen LogP contribution in [0.3, 0.4) is 0 Å². The predicted molar refractivity (Wildman–Crippen MR) is 87.0 cm³/mol. The number of fused-ring (bicyclic) bond motifs is 1. The van der Waals surface area contributed by atoms with Crippen molar-refractivity contribution in [2.45, 2.75) is 12.7 Å². The van der Waals surface area contributed by atoms with Crippen LogP contribution in [0.25, 0.3) is 10.9 Å². The minimum absolute atomic E-state index is 0.0925. The van der Waals surface area contributed by atoms with Crippen molar-refractivity contribution in [3.05, 3.63) is 78.7 Å². The predicted octanol–water partition coefficient (Wildman–Crippen LogP) is 3.66. The Morgan fingerprint density at radius 1 is 1.08 bits per heavy atom. The molecule has 0 unspecified atom stereocenters. The van der Waals surface area contributed by atoms with E-state index in [1.165, 1.54) is 12.1 Å². The van der Waals surface area contributed by atoms with Crippen LogP contribution in [0.1, 0.15) is 11.1 Å². The Bertz CT molecular complexity index is 1090. The Balaban J connectivity index is 2.14. The summed E-state index contributed by atoms with van der Waals surface area (Å²) in [6, 6.07) is 6.59. The second kappa shape index (κ2) is 6.14. The number of rotatable bonds is 2. The minimum atomic E-state index is -4.60. The first-order valence-electron chi connectivity index (χ1n) is 6.95. The number of alkyl halides is 3. The molecule has 0 fully saturated rings. The van der Waals surface area contributed by atoms with Crippen molar-refractivity contribution < 1.29 is 17.6 Å². The highest BCUT2D eigenvalue weighted by Gasteiger charge is 2.30. The smallest absolute Gasteiger partial charge is 0.307 e. The van der Waals surface area contributed by atoms with E-state index in [-0.39, 0.29) is 23.0 Å². The normalized spacial score (nSPS) is 11.9. The van der Waals surface area contributed by atoms with Gasteiger partial charge in [-0.25, -0.2) is 9.18 Å². The third-order valence-electron chi connectivity index (χ3n) is 3.65. The van der Waals surface area contributed by atoms with Crippen molar-refractivity contribution >= 4 is 26.8 Å². The average Bonchev–Trinajstić information content (AvgIpc) is 2.51. The second-order valence-corrected chi connectivity index (χ2v) is 6.23. The van der Waals surface area contributed by atoms with Gasteiger partial charge in [-0.1, -0.05) is 22.0 Å². The van der Waals surface area contributed by atoms with Gasteiger partial charge in [-0.05, 0) is 30.3 Å². The Morgan fingerprint density at radius 3 is 2.44 bits per heavy atom. The second-order valence-electron chi connectivity index (χ2n) is 5.32. The number of halogens is 5. The topological polar surface area (TPSA) is 54.9 Å². The summed E-state index contributed by atoms with van der Waals surface area (Å²) in [4.78, 5) is 26.8. The lowest BCUT2D eigenvalue weighted by Crippen LogP contribution is -2.35. The van der Waals surface area contributed by atoms with Crippen LogP contribution < -0.4 is 11.2 Å². The molecule has 0 amide bonds. The standard InChI is InChI=1S/C16H9BrF4N2O2/c17-10-3-1-8(12(18)6-10)7-23-14(24)11-4-2-9(16(19,20)21)5-13(11)22-15(23)25/h1-6H,7H2,(H,22,25). The van der Waals surface area contributed by atoms with Gasteiger partial charge in [0.2, 0.25) is 0 Å². The van der Waals surface area contributed by atoms with E-state index in [9.17, 15) is 27.2 Å². The molecule has 0 saturated heterocycles. The van der Waals surface area contributed by atoms with Crippen LogP contribution in [0.2, 0.25) is 0 Å². The SMILES string of the molecule is O=c1[nH]c2cc(C(F)(F)F)ccc2c(=O)n1Cc1ccc(Br)cc1F. The van der Waals surface area contributed by atoms with Crippen molar-refractivity contribution in [1.82, 2.24) is 9.55 Å². The van der Waals surface area contributed by atoms with Crippen molar-refractivity contribution in [3.63, 3.8) is 0 Å². The molecule has 0 aliphatic rings. The maximum atomic E-state index is 13.9. The van der Waals surface area contributed by atoms with Gasteiger partial charge in [0, 0.05) is 10.0 Å². The molecule has 1 aromatic heterocycles. The molecular formula is C16H9BrF4N2O2. The first-order valence-corrected chi connectivity index (χ1v) is 7.74. The number of H-pyrrole nitrogens is 1. The van der Waals surface area contributed by atoms with Gasteiger partial charge >= 0.3 is 11.9 Å². The van der Waals surface area contributed by atoms with E-state index >= 15 is 0 Å². The monoisotopic (exact) mass is 416 g/mol. The lowest BCUT2D eigenvalue weighted by Gasteiger charge is -2.10. The summed E-state index contributed by atoms with van der Waals surface area (Å²) in [6.45, 7) is -0.343. The molecule has 9 heteroatoms. The number of nitrogens with one attached hydrogen (secondary N) is 1. The number of benzene rings is 2. The Hall–Kier alpha value is -2.42. The highest BCUT2D eigenvalue weighted by Crippen LogP contribution is 2.30. The molecule has 4 nitrogen and oxygen atoms in total. The van der Waals surface area contributed by atoms with Crippen LogP contribution in [0.15, 0.2) is 50.5 Å². The first-order chi connectivity index (χ1) is 11.7. The summed E-state index contributed by atoms with van der Waals surface area (Å²) in [7, 11) is 0. The molecule has 3 aromatic rings. The zero-order valence-corrected chi connectivity index (χ0v) is 13.9. The number of aromatic amines is 1. The van der Waals surface area contributed by atoms with Gasteiger partial charge in [-0.15, -0.1) is 0 Å². The van der Waals surface area contributed by atoms with Crippen LogP contribution in [-0.2, 0) is 12.7 Å². The molecule has 1 heterocycles. The molecular weight excluding hydrogens is 408 g/mol. The van der Waals surface area contributed by atoms with Crippen molar-refractivity contribution in [3.8, 4) is 0 Å². The van der Waals surface area contributed by atoms with Gasteiger partial charge in [0.05, 0.1) is 23.0 Å². The molecule has 3 rings (SSSR count). The van der Waals surface area contributed by atoms with E-state index in [4.69, 9.17) is 0 Å². The molecule has 25 heavy (non-hydrogen) atoms. The summed E-state index contributed by atoms with van der Waals surface area (Å²) in [6.07, 6.45) is -4.60. The summed E-state index contributed by atoms with van der Waals surface area (Å²) in [5.74, 6) is -0.617. The van der Waals surface area contributed by atoms with Gasteiger partial charge in [0.1, 0.15) is 5.82 Å². The van der Waals surface area contributed by atoms with E-state index in [0.29, 0.717) is 10.5 Å². The fourth-order valence-corrected chi connectivity index (χ4v) is 2.73. The maximum Gasteiger partial charge on any atom is 0.416 e. The van der Waals surface area contributed by atoms with Gasteiger partial charge < -0.3 is 4.98 Å². The highest BCUT2D eigenvalue weighted by molar-refractivity contribution is 9.10. The Kier molecular flexibility index (Phi) is 4.28. The number of hydrogen-bond acceptors (Lipinski definition) is 2. The fraction of sp³-hybridized carbons (Fsp3) is 0.125. The van der Waals surface area contributed by atoms with Gasteiger partial charge in [0.25, 0.3) is 5.56 Å². The lowest BCUT2D eigenvalue weighted by molar-refractivity contribution is -0.137. The summed E-state index contributed by atoms with van der Waals surface area (Å²) in [5, 5.41) is -0.0925. The van der Waals surface area contributed by atoms with Crippen LogP contribution in [-0.4, -0.2) is 9.55 Å². The number of aromatic nitrogens is 2. The third-order valence-corrected chi connectivity index (χ3v) is 4.15. The summed E-state index contributed by atoms with van der Waals surface area (Å²) >= 11 is 3.10. The number of hydrogen-bond donors (Lipinski definition) is 1. The molecule has 2 aromatic carbocycles. The number of nitrogens with zero attached hydrogens (tertiary/aromatic N) is 1. The minimum Gasteiger partial charge on any atom is -0.307 e. The quantitative estimate of drug-likeness (QED) is 0.648. The van der Waals surface area contributed by atoms with E-state index in [1.54, 1.807) is 6.07 Å². The molecule has 0 spiro atoms. The molecule has 0 atom stereocenters. The van der Waals surface area contributed by atoms with E-state index in [2.05, 4.69) is 20.9 Å². The molecule has 1 N–H and O–H groups in total. The van der Waals surface area contributed by atoms with E-state index < -0.39 is 28.8 Å². The van der Waals surface area contributed by atoms with Crippen LogP contribution >= 0.6 is 15.9 Å². The summed E-state index contributed by atoms with van der Waals surface area (Å²) in [5.41, 5.74) is -2.82. The zero-order chi connectivity index (χ0) is 18.4. The maximum absolute atomic E-state index is 13.9. The molecule has 0 radical (unpaired) electrons. The van der Waals surface area contributed by atoms with Crippen LogP contribution in [0, 0.1) is 5.82 Å². The Labute approximate surface area is 145 Å². The lowest BCUT2D eigenvalue weighted by atomic mass is 10.1. The zero-order valence-electron chi connectivity index (χ0n) is 12.3. The van der Waals surface area contributed by atoms with Crippen molar-refractivity contribution in [1.29, 1.82) is 0 Å². The largest absolute Gasteiger partial charge is 0.416 e. The van der Waals surface area contributed by atoms with E-state index in [1.807, 2.05) is 0 Å². The van der Waals surface area contributed by atoms with Gasteiger partial charge in [-0.3, -0.25) is 9.36 Å². The fourth-order valence-electron chi connectivity index (χ4n) is 2.39. The molecule has 0 aliphatic heterocycles. The van der Waals surface area contributed by atoms with Crippen molar-refractivity contribution in [2.24, 2.45) is 0 Å². The summed E-state index contributed by atoms with van der Waals surface area (Å²) < 4.78 is 53.4. The Morgan fingerprint density at radius 2 is 1.80 bits per heavy atom.